The Morgan fingerprint density at radius 2 is 1.84 bits per heavy atom. The van der Waals surface area contributed by atoms with Crippen LogP contribution in [0, 0.1) is 5.82 Å². The van der Waals surface area contributed by atoms with Crippen LogP contribution in [0.3, 0.4) is 0 Å². The minimum atomic E-state index is -0.851. The molecule has 1 saturated heterocycles. The van der Waals surface area contributed by atoms with Gasteiger partial charge in [-0.2, -0.15) is 0 Å². The van der Waals surface area contributed by atoms with Crippen molar-refractivity contribution >= 4 is 17.6 Å². The van der Waals surface area contributed by atoms with Crippen molar-refractivity contribution in [2.75, 3.05) is 18.4 Å². The summed E-state index contributed by atoms with van der Waals surface area (Å²) >= 11 is 0. The van der Waals surface area contributed by atoms with Crippen LogP contribution in [0.2, 0.25) is 0 Å². The average Bonchev–Trinajstić information content (AvgIpc) is 2.80. The zero-order valence-electron chi connectivity index (χ0n) is 14.8. The molecule has 25 heavy (non-hydrogen) atoms. The Morgan fingerprint density at radius 3 is 2.40 bits per heavy atom. The zero-order chi connectivity index (χ0) is 18.2. The second kappa shape index (κ2) is 6.59. The van der Waals surface area contributed by atoms with Gasteiger partial charge in [-0.1, -0.05) is 0 Å². The van der Waals surface area contributed by atoms with Crippen molar-refractivity contribution in [3.63, 3.8) is 0 Å². The van der Waals surface area contributed by atoms with Gasteiger partial charge in [0.15, 0.2) is 0 Å². The fraction of sp³-hybridized carbons (Fsp3) is 0.474. The summed E-state index contributed by atoms with van der Waals surface area (Å²) in [4.78, 5) is 27.3. The van der Waals surface area contributed by atoms with Crippen LogP contribution in [-0.4, -0.2) is 41.5 Å². The van der Waals surface area contributed by atoms with Crippen molar-refractivity contribution < 1.29 is 18.7 Å². The molecule has 6 heteroatoms. The molecule has 0 saturated carbocycles. The highest BCUT2D eigenvalue weighted by Crippen LogP contribution is 2.41. The monoisotopic (exact) mass is 346 g/mol. The van der Waals surface area contributed by atoms with Gasteiger partial charge in [0.05, 0.1) is 5.57 Å². The van der Waals surface area contributed by atoms with E-state index in [-0.39, 0.29) is 11.7 Å². The molecule has 0 bridgehead atoms. The molecule has 134 valence electrons. The number of piperidine rings is 1. The Kier molecular flexibility index (Phi) is 4.64. The molecule has 1 fully saturated rings. The van der Waals surface area contributed by atoms with Crippen LogP contribution in [0.25, 0.3) is 0 Å². The molecular formula is C19H23FN2O3. The van der Waals surface area contributed by atoms with Gasteiger partial charge in [-0.3, -0.25) is 4.79 Å². The van der Waals surface area contributed by atoms with Gasteiger partial charge in [-0.05, 0) is 45.0 Å². The third kappa shape index (κ3) is 3.31. The van der Waals surface area contributed by atoms with Crippen molar-refractivity contribution in [3.05, 3.63) is 41.2 Å². The predicted octanol–water partition coefficient (Wildman–Crippen LogP) is 2.88. The Bertz CT molecular complexity index is 717. The second-order valence-corrected chi connectivity index (χ2v) is 6.97. The van der Waals surface area contributed by atoms with Crippen LogP contribution in [0.1, 0.15) is 33.6 Å². The highest BCUT2D eigenvalue weighted by molar-refractivity contribution is 6.12. The van der Waals surface area contributed by atoms with E-state index in [1.807, 2.05) is 0 Å². The van der Waals surface area contributed by atoms with E-state index in [1.165, 1.54) is 24.3 Å². The summed E-state index contributed by atoms with van der Waals surface area (Å²) in [6.45, 7) is 7.42. The van der Waals surface area contributed by atoms with Crippen molar-refractivity contribution in [3.8, 4) is 0 Å². The molecule has 1 aromatic carbocycles. The fourth-order valence-electron chi connectivity index (χ4n) is 3.61. The molecular weight excluding hydrogens is 323 g/mol. The summed E-state index contributed by atoms with van der Waals surface area (Å²) in [6, 6.07) is 5.97. The summed E-state index contributed by atoms with van der Waals surface area (Å²) in [5.41, 5.74) is 0.403. The molecule has 3 rings (SSSR count). The number of carbonyl (C=O) groups is 2. The van der Waals surface area contributed by atoms with E-state index in [0.717, 1.165) is 13.1 Å². The first-order valence-electron chi connectivity index (χ1n) is 8.58. The van der Waals surface area contributed by atoms with Crippen molar-refractivity contribution in [2.45, 2.75) is 45.3 Å². The standard InChI is InChI=1S/C19H23FN2O3/c1-12(2)22-10-8-19(9-11-22)16(13(3)18(24)25-19)17(23)21-15-6-4-14(20)5-7-15/h4-7,12H,8-11H2,1-3H3,(H,21,23). The molecule has 1 amide bonds. The van der Waals surface area contributed by atoms with Gasteiger partial charge >= 0.3 is 5.97 Å². The van der Waals surface area contributed by atoms with Crippen LogP contribution < -0.4 is 5.32 Å². The van der Waals surface area contributed by atoms with Crippen LogP contribution in [0.5, 0.6) is 0 Å². The van der Waals surface area contributed by atoms with E-state index < -0.39 is 11.6 Å². The normalized spacial score (nSPS) is 20.3. The summed E-state index contributed by atoms with van der Waals surface area (Å²) in [5.74, 6) is -1.15. The lowest BCUT2D eigenvalue weighted by Crippen LogP contribution is -2.49. The first kappa shape index (κ1) is 17.6. The summed E-state index contributed by atoms with van der Waals surface area (Å²) < 4.78 is 18.7. The number of hydrogen-bond donors (Lipinski definition) is 1. The number of ether oxygens (including phenoxy) is 1. The third-order valence-corrected chi connectivity index (χ3v) is 5.09. The third-order valence-electron chi connectivity index (χ3n) is 5.09. The number of anilines is 1. The largest absolute Gasteiger partial charge is 0.450 e. The lowest BCUT2D eigenvalue weighted by molar-refractivity contribution is -0.151. The number of nitrogens with zero attached hydrogens (tertiary/aromatic N) is 1. The Balaban J connectivity index is 1.83. The van der Waals surface area contributed by atoms with E-state index in [4.69, 9.17) is 4.74 Å². The molecule has 1 spiro atoms. The SMILES string of the molecule is CC1=C(C(=O)Nc2ccc(F)cc2)C2(CCN(C(C)C)CC2)OC1=O. The molecule has 2 aliphatic rings. The first-order chi connectivity index (χ1) is 11.8. The number of halogens is 1. The highest BCUT2D eigenvalue weighted by Gasteiger charge is 2.50. The summed E-state index contributed by atoms with van der Waals surface area (Å²) in [7, 11) is 0. The second-order valence-electron chi connectivity index (χ2n) is 6.97. The van der Waals surface area contributed by atoms with Crippen LogP contribution in [0.15, 0.2) is 35.4 Å². The van der Waals surface area contributed by atoms with E-state index >= 15 is 0 Å². The number of rotatable bonds is 3. The molecule has 0 atom stereocenters. The quantitative estimate of drug-likeness (QED) is 0.855. The van der Waals surface area contributed by atoms with Gasteiger partial charge in [0, 0.05) is 43.2 Å². The van der Waals surface area contributed by atoms with E-state index in [9.17, 15) is 14.0 Å². The van der Waals surface area contributed by atoms with Gasteiger partial charge in [-0.25, -0.2) is 9.18 Å². The lowest BCUT2D eigenvalue weighted by atomic mass is 9.82. The fourth-order valence-corrected chi connectivity index (χ4v) is 3.61. The number of likely N-dealkylation sites (tertiary alicyclic amines) is 1. The van der Waals surface area contributed by atoms with Gasteiger partial charge < -0.3 is 15.0 Å². The smallest absolute Gasteiger partial charge is 0.335 e. The molecule has 1 aromatic rings. The van der Waals surface area contributed by atoms with E-state index in [2.05, 4.69) is 24.1 Å². The van der Waals surface area contributed by atoms with E-state index in [0.29, 0.717) is 35.7 Å². The number of amides is 1. The van der Waals surface area contributed by atoms with Gasteiger partial charge in [0.2, 0.25) is 0 Å². The Hall–Kier alpha value is -2.21. The highest BCUT2D eigenvalue weighted by atomic mass is 19.1. The van der Waals surface area contributed by atoms with Crippen LogP contribution >= 0.6 is 0 Å². The van der Waals surface area contributed by atoms with Crippen molar-refractivity contribution in [1.82, 2.24) is 4.90 Å². The molecule has 2 aliphatic heterocycles. The molecule has 2 heterocycles. The minimum absolute atomic E-state index is 0.354. The maximum atomic E-state index is 13.0. The van der Waals surface area contributed by atoms with Crippen LogP contribution in [0.4, 0.5) is 10.1 Å². The number of esters is 1. The molecule has 0 aromatic heterocycles. The van der Waals surface area contributed by atoms with Crippen molar-refractivity contribution in [1.29, 1.82) is 0 Å². The van der Waals surface area contributed by atoms with Crippen molar-refractivity contribution in [2.24, 2.45) is 0 Å². The average molecular weight is 346 g/mol. The Morgan fingerprint density at radius 1 is 1.24 bits per heavy atom. The van der Waals surface area contributed by atoms with Gasteiger partial charge in [0.25, 0.3) is 5.91 Å². The Labute approximate surface area is 146 Å². The minimum Gasteiger partial charge on any atom is -0.450 e. The number of benzene rings is 1. The maximum Gasteiger partial charge on any atom is 0.335 e. The molecule has 0 unspecified atom stereocenters. The number of nitrogens with one attached hydrogen (secondary N) is 1. The predicted molar refractivity (Wildman–Crippen MR) is 92.5 cm³/mol. The molecule has 1 N–H and O–H groups in total. The first-order valence-corrected chi connectivity index (χ1v) is 8.58. The molecule has 5 nitrogen and oxygen atoms in total. The zero-order valence-corrected chi connectivity index (χ0v) is 14.8. The topological polar surface area (TPSA) is 58.6 Å². The molecule has 0 radical (unpaired) electrons. The van der Waals surface area contributed by atoms with Crippen LogP contribution in [-0.2, 0) is 14.3 Å². The number of carbonyl (C=O) groups excluding carboxylic acids is 2. The summed E-state index contributed by atoms with van der Waals surface area (Å²) in [6.07, 6.45) is 1.20. The van der Waals surface area contributed by atoms with Gasteiger partial charge in [-0.15, -0.1) is 0 Å². The van der Waals surface area contributed by atoms with Gasteiger partial charge in [0.1, 0.15) is 11.4 Å². The lowest BCUT2D eigenvalue weighted by Gasteiger charge is -2.40. The number of hydrogen-bond acceptors (Lipinski definition) is 4. The van der Waals surface area contributed by atoms with E-state index in [1.54, 1.807) is 6.92 Å². The maximum absolute atomic E-state index is 13.0. The summed E-state index contributed by atoms with van der Waals surface area (Å²) in [5, 5.41) is 2.76. The molecule has 0 aliphatic carbocycles.